The Bertz CT molecular complexity index is 318. The van der Waals surface area contributed by atoms with E-state index in [0.717, 1.165) is 16.5 Å². The van der Waals surface area contributed by atoms with Crippen molar-refractivity contribution in [3.63, 3.8) is 0 Å². The van der Waals surface area contributed by atoms with Gasteiger partial charge in [0.2, 0.25) is 0 Å². The molecule has 0 heterocycles. The Kier molecular flexibility index (Phi) is 2.05. The minimum atomic E-state index is 0.575. The van der Waals surface area contributed by atoms with E-state index in [1.165, 1.54) is 17.5 Å². The van der Waals surface area contributed by atoms with Crippen LogP contribution in [0.4, 0.5) is 0 Å². The number of hydrogen-bond acceptors (Lipinski definition) is 0. The fourth-order valence-corrected chi connectivity index (χ4v) is 2.52. The molecular weight excluding hydrogens is 191 g/mol. The van der Waals surface area contributed by atoms with Crippen molar-refractivity contribution < 1.29 is 0 Å². The summed E-state index contributed by atoms with van der Waals surface area (Å²) in [6.45, 7) is 2.20. The van der Waals surface area contributed by atoms with E-state index in [2.05, 4.69) is 6.92 Å². The number of halogens is 2. The standard InChI is InChI=1S/C10H10Cl2/c1-6-2-3-7-8(11)4-5-9(12)10(6)7/h4-6H,2-3H2,1H3. The molecule has 1 aliphatic rings. The number of hydrogen-bond donors (Lipinski definition) is 0. The lowest BCUT2D eigenvalue weighted by Crippen LogP contribution is -1.88. The summed E-state index contributed by atoms with van der Waals surface area (Å²) >= 11 is 12.1. The SMILES string of the molecule is CC1CCc2c(Cl)ccc(Cl)c21. The van der Waals surface area contributed by atoms with E-state index in [1.54, 1.807) is 0 Å². The Morgan fingerprint density at radius 3 is 2.58 bits per heavy atom. The third-order valence-electron chi connectivity index (χ3n) is 2.57. The zero-order chi connectivity index (χ0) is 8.72. The molecule has 1 aliphatic carbocycles. The van der Waals surface area contributed by atoms with Crippen LogP contribution in [0.25, 0.3) is 0 Å². The summed E-state index contributed by atoms with van der Waals surface area (Å²) in [7, 11) is 0. The van der Waals surface area contributed by atoms with Gasteiger partial charge in [0.05, 0.1) is 0 Å². The predicted octanol–water partition coefficient (Wildman–Crippen LogP) is 4.04. The maximum Gasteiger partial charge on any atom is 0.0444 e. The molecule has 1 atom stereocenters. The molecule has 0 saturated heterocycles. The van der Waals surface area contributed by atoms with Crippen LogP contribution in [0.1, 0.15) is 30.4 Å². The summed E-state index contributed by atoms with van der Waals surface area (Å²) in [6.07, 6.45) is 2.26. The molecule has 0 N–H and O–H groups in total. The lowest BCUT2D eigenvalue weighted by Gasteiger charge is -2.07. The maximum absolute atomic E-state index is 6.08. The molecular formula is C10H10Cl2. The fraction of sp³-hybridized carbons (Fsp3) is 0.400. The van der Waals surface area contributed by atoms with Crippen LogP contribution >= 0.6 is 23.2 Å². The number of rotatable bonds is 0. The second-order valence-electron chi connectivity index (χ2n) is 3.36. The van der Waals surface area contributed by atoms with Gasteiger partial charge in [-0.3, -0.25) is 0 Å². The largest absolute Gasteiger partial charge is 0.0840 e. The molecule has 0 fully saturated rings. The molecule has 1 aromatic carbocycles. The second-order valence-corrected chi connectivity index (χ2v) is 4.18. The van der Waals surface area contributed by atoms with Crippen LogP contribution in [-0.4, -0.2) is 0 Å². The average Bonchev–Trinajstić information content (AvgIpc) is 2.42. The first kappa shape index (κ1) is 8.40. The Balaban J connectivity index is 2.64. The van der Waals surface area contributed by atoms with Crippen LogP contribution in [0.15, 0.2) is 12.1 Å². The number of benzene rings is 1. The van der Waals surface area contributed by atoms with Gasteiger partial charge in [-0.15, -0.1) is 0 Å². The Morgan fingerprint density at radius 1 is 1.25 bits per heavy atom. The molecule has 2 heteroatoms. The zero-order valence-electron chi connectivity index (χ0n) is 6.90. The number of fused-ring (bicyclic) bond motifs is 1. The molecule has 0 aromatic heterocycles. The molecule has 0 bridgehead atoms. The van der Waals surface area contributed by atoms with Crippen molar-refractivity contribution in [1.82, 2.24) is 0 Å². The summed E-state index contributed by atoms with van der Waals surface area (Å²) < 4.78 is 0. The van der Waals surface area contributed by atoms with Crippen LogP contribution in [0.5, 0.6) is 0 Å². The third-order valence-corrected chi connectivity index (χ3v) is 3.25. The monoisotopic (exact) mass is 200 g/mol. The van der Waals surface area contributed by atoms with Gasteiger partial charge in [-0.05, 0) is 42.0 Å². The van der Waals surface area contributed by atoms with Gasteiger partial charge < -0.3 is 0 Å². The molecule has 64 valence electrons. The maximum atomic E-state index is 6.08. The second kappa shape index (κ2) is 2.93. The Hall–Kier alpha value is -0.200. The highest BCUT2D eigenvalue weighted by molar-refractivity contribution is 6.34. The quantitative estimate of drug-likeness (QED) is 0.594. The molecule has 1 unspecified atom stereocenters. The topological polar surface area (TPSA) is 0 Å². The van der Waals surface area contributed by atoms with E-state index < -0.39 is 0 Å². The molecule has 12 heavy (non-hydrogen) atoms. The molecule has 1 aromatic rings. The summed E-state index contributed by atoms with van der Waals surface area (Å²) in [5.74, 6) is 0.575. The summed E-state index contributed by atoms with van der Waals surface area (Å²) in [5.41, 5.74) is 2.53. The third kappa shape index (κ3) is 1.14. The van der Waals surface area contributed by atoms with E-state index in [9.17, 15) is 0 Å². The van der Waals surface area contributed by atoms with Gasteiger partial charge in [0.1, 0.15) is 0 Å². The molecule has 0 amide bonds. The Morgan fingerprint density at radius 2 is 1.92 bits per heavy atom. The van der Waals surface area contributed by atoms with Gasteiger partial charge >= 0.3 is 0 Å². The lowest BCUT2D eigenvalue weighted by atomic mass is 10.0. The first-order valence-electron chi connectivity index (χ1n) is 4.17. The normalized spacial score (nSPS) is 21.1. The molecule has 0 spiro atoms. The zero-order valence-corrected chi connectivity index (χ0v) is 8.41. The molecule has 0 saturated carbocycles. The van der Waals surface area contributed by atoms with E-state index in [0.29, 0.717) is 5.92 Å². The molecule has 2 rings (SSSR count). The highest BCUT2D eigenvalue weighted by Crippen LogP contribution is 2.40. The van der Waals surface area contributed by atoms with Crippen molar-refractivity contribution >= 4 is 23.2 Å². The van der Waals surface area contributed by atoms with Gasteiger partial charge in [-0.2, -0.15) is 0 Å². The smallest absolute Gasteiger partial charge is 0.0444 e. The molecule has 0 radical (unpaired) electrons. The van der Waals surface area contributed by atoms with Crippen molar-refractivity contribution in [2.24, 2.45) is 0 Å². The van der Waals surface area contributed by atoms with Crippen LogP contribution in [0.2, 0.25) is 10.0 Å². The summed E-state index contributed by atoms with van der Waals surface area (Å²) in [4.78, 5) is 0. The van der Waals surface area contributed by atoms with E-state index >= 15 is 0 Å². The van der Waals surface area contributed by atoms with Gasteiger partial charge in [0.25, 0.3) is 0 Å². The van der Waals surface area contributed by atoms with Crippen LogP contribution < -0.4 is 0 Å². The van der Waals surface area contributed by atoms with Crippen molar-refractivity contribution in [2.75, 3.05) is 0 Å². The minimum absolute atomic E-state index is 0.575. The summed E-state index contributed by atoms with van der Waals surface area (Å²) in [6, 6.07) is 3.78. The first-order valence-corrected chi connectivity index (χ1v) is 4.92. The van der Waals surface area contributed by atoms with Crippen molar-refractivity contribution in [1.29, 1.82) is 0 Å². The van der Waals surface area contributed by atoms with Gasteiger partial charge in [-0.25, -0.2) is 0 Å². The first-order chi connectivity index (χ1) is 5.70. The van der Waals surface area contributed by atoms with Crippen LogP contribution in [-0.2, 0) is 6.42 Å². The summed E-state index contributed by atoms with van der Waals surface area (Å²) in [5, 5.41) is 1.75. The van der Waals surface area contributed by atoms with Crippen molar-refractivity contribution in [2.45, 2.75) is 25.7 Å². The lowest BCUT2D eigenvalue weighted by molar-refractivity contribution is 0.747. The highest BCUT2D eigenvalue weighted by Gasteiger charge is 2.23. The van der Waals surface area contributed by atoms with E-state index in [4.69, 9.17) is 23.2 Å². The van der Waals surface area contributed by atoms with Gasteiger partial charge in [0.15, 0.2) is 0 Å². The van der Waals surface area contributed by atoms with E-state index in [-0.39, 0.29) is 0 Å². The van der Waals surface area contributed by atoms with Crippen LogP contribution in [0.3, 0.4) is 0 Å². The van der Waals surface area contributed by atoms with Crippen molar-refractivity contribution in [3.8, 4) is 0 Å². The Labute approximate surface area is 82.5 Å². The van der Waals surface area contributed by atoms with E-state index in [1.807, 2.05) is 12.1 Å². The fourth-order valence-electron chi connectivity index (χ4n) is 1.90. The van der Waals surface area contributed by atoms with Gasteiger partial charge in [0, 0.05) is 10.0 Å². The van der Waals surface area contributed by atoms with Crippen LogP contribution in [0, 0.1) is 0 Å². The molecule has 0 nitrogen and oxygen atoms in total. The average molecular weight is 201 g/mol. The molecule has 0 aliphatic heterocycles. The highest BCUT2D eigenvalue weighted by atomic mass is 35.5. The van der Waals surface area contributed by atoms with Gasteiger partial charge in [-0.1, -0.05) is 30.1 Å². The predicted molar refractivity (Wildman–Crippen MR) is 53.2 cm³/mol. The van der Waals surface area contributed by atoms with Crippen molar-refractivity contribution in [3.05, 3.63) is 33.3 Å². The minimum Gasteiger partial charge on any atom is -0.0840 e.